The van der Waals surface area contributed by atoms with Crippen LogP contribution in [-0.2, 0) is 27.8 Å². The molecule has 5 N–H and O–H groups in total. The molecule has 8 nitrogen and oxygen atoms in total. The number of ether oxygens (including phenoxy) is 2. The van der Waals surface area contributed by atoms with Gasteiger partial charge in [0, 0.05) is 6.54 Å². The highest BCUT2D eigenvalue weighted by molar-refractivity contribution is 9.10. The lowest BCUT2D eigenvalue weighted by Crippen LogP contribution is -2.20. The fraction of sp³-hybridized carbons (Fsp3) is 0.278. The molecule has 0 aliphatic carbocycles. The van der Waals surface area contributed by atoms with Crippen LogP contribution in [0, 0.1) is 0 Å². The Bertz CT molecular complexity index is 939. The van der Waals surface area contributed by atoms with Crippen molar-refractivity contribution in [1.82, 2.24) is 5.32 Å². The Kier molecular flexibility index (Phi) is 9.87. The second-order valence-corrected chi connectivity index (χ2v) is 8.40. The molecule has 0 aliphatic heterocycles. The van der Waals surface area contributed by atoms with Gasteiger partial charge in [0.2, 0.25) is 10.0 Å². The molecule has 0 radical (unpaired) electrons. The molecule has 0 bridgehead atoms. The summed E-state index contributed by atoms with van der Waals surface area (Å²) >= 11 is 3.41. The van der Waals surface area contributed by atoms with E-state index in [1.165, 1.54) is 19.2 Å². The number of nitrogens with one attached hydrogen (secondary N) is 1. The largest absolute Gasteiger partial charge is 0.493 e. The average Bonchev–Trinajstić information content (AvgIpc) is 2.63. The monoisotopic (exact) mass is 507 g/mol. The van der Waals surface area contributed by atoms with Crippen LogP contribution in [0.2, 0.25) is 0 Å². The number of carbonyl (C=O) groups is 1. The Labute approximate surface area is 184 Å². The fourth-order valence-electron chi connectivity index (χ4n) is 2.47. The van der Waals surface area contributed by atoms with Crippen molar-refractivity contribution in [2.24, 2.45) is 10.9 Å². The maximum Gasteiger partial charge on any atom is 0.255 e. The van der Waals surface area contributed by atoms with E-state index in [-0.39, 0.29) is 23.9 Å². The average molecular weight is 509 g/mol. The Balaban J connectivity index is 0.00000420. The fourth-order valence-corrected chi connectivity index (χ4v) is 3.59. The number of nitrogens with two attached hydrogens (primary N) is 2. The molecule has 0 heterocycles. The third-order valence-electron chi connectivity index (χ3n) is 3.82. The van der Waals surface area contributed by atoms with Crippen LogP contribution >= 0.6 is 28.3 Å². The smallest absolute Gasteiger partial charge is 0.255 e. The molecule has 0 fully saturated rings. The van der Waals surface area contributed by atoms with E-state index < -0.39 is 15.9 Å². The molecule has 2 aromatic rings. The van der Waals surface area contributed by atoms with Crippen LogP contribution in [0.15, 0.2) is 45.8 Å². The van der Waals surface area contributed by atoms with Crippen molar-refractivity contribution >= 4 is 44.3 Å². The van der Waals surface area contributed by atoms with Gasteiger partial charge in [-0.25, -0.2) is 13.6 Å². The topological polar surface area (TPSA) is 134 Å². The van der Waals surface area contributed by atoms with Gasteiger partial charge in [0.05, 0.1) is 16.5 Å². The first-order valence-electron chi connectivity index (χ1n) is 8.30. The molecule has 0 aliphatic rings. The number of methoxy groups -OCH3 is 1. The molecule has 2 aromatic carbocycles. The number of carbonyl (C=O) groups excluding carboxylic acids is 1. The first-order chi connectivity index (χ1) is 13.2. The molecule has 160 valence electrons. The van der Waals surface area contributed by atoms with Crippen molar-refractivity contribution in [3.8, 4) is 11.5 Å². The van der Waals surface area contributed by atoms with Gasteiger partial charge in [0.1, 0.15) is 0 Å². The van der Waals surface area contributed by atoms with Crippen LogP contribution in [0.4, 0.5) is 0 Å². The highest BCUT2D eigenvalue weighted by Gasteiger charge is 2.13. The molecule has 0 spiro atoms. The van der Waals surface area contributed by atoms with Gasteiger partial charge in [-0.1, -0.05) is 12.1 Å². The zero-order chi connectivity index (χ0) is 20.7. The summed E-state index contributed by atoms with van der Waals surface area (Å²) in [4.78, 5) is 11.0. The van der Waals surface area contributed by atoms with Crippen LogP contribution < -0.4 is 25.7 Å². The van der Waals surface area contributed by atoms with Crippen molar-refractivity contribution in [2.45, 2.75) is 17.9 Å². The first kappa shape index (κ1) is 25.2. The Morgan fingerprint density at radius 1 is 1.17 bits per heavy atom. The summed E-state index contributed by atoms with van der Waals surface area (Å²) in [5.74, 6) is 0.336. The lowest BCUT2D eigenvalue weighted by Gasteiger charge is -2.14. The predicted molar refractivity (Wildman–Crippen MR) is 116 cm³/mol. The summed E-state index contributed by atoms with van der Waals surface area (Å²) in [5.41, 5.74) is 7.06. The molecule has 29 heavy (non-hydrogen) atoms. The van der Waals surface area contributed by atoms with Crippen molar-refractivity contribution in [3.63, 3.8) is 0 Å². The number of primary sulfonamides is 1. The molecular formula is C18H23BrClN3O5S. The Morgan fingerprint density at radius 2 is 1.83 bits per heavy atom. The van der Waals surface area contributed by atoms with E-state index in [2.05, 4.69) is 21.2 Å². The van der Waals surface area contributed by atoms with Crippen molar-refractivity contribution < 1.29 is 22.7 Å². The van der Waals surface area contributed by atoms with Crippen LogP contribution in [0.25, 0.3) is 0 Å². The summed E-state index contributed by atoms with van der Waals surface area (Å²) < 4.78 is 33.9. The van der Waals surface area contributed by atoms with Gasteiger partial charge in [-0.15, -0.1) is 12.4 Å². The van der Waals surface area contributed by atoms with Crippen LogP contribution in [-0.4, -0.2) is 34.6 Å². The van der Waals surface area contributed by atoms with E-state index in [1.54, 1.807) is 12.1 Å². The lowest BCUT2D eigenvalue weighted by molar-refractivity contribution is -0.119. The van der Waals surface area contributed by atoms with Crippen molar-refractivity contribution in [3.05, 3.63) is 52.0 Å². The highest BCUT2D eigenvalue weighted by Crippen LogP contribution is 2.36. The molecule has 0 atom stereocenters. The number of halogens is 2. The number of primary amides is 1. The van der Waals surface area contributed by atoms with E-state index in [0.29, 0.717) is 29.1 Å². The van der Waals surface area contributed by atoms with Gasteiger partial charge < -0.3 is 20.5 Å². The summed E-state index contributed by atoms with van der Waals surface area (Å²) in [6.45, 7) is 1.03. The van der Waals surface area contributed by atoms with Gasteiger partial charge in [-0.05, 0) is 64.3 Å². The van der Waals surface area contributed by atoms with Gasteiger partial charge in [-0.3, -0.25) is 4.79 Å². The van der Waals surface area contributed by atoms with Crippen molar-refractivity contribution in [2.75, 3.05) is 20.3 Å². The second-order valence-electron chi connectivity index (χ2n) is 5.98. The molecule has 2 rings (SSSR count). The summed E-state index contributed by atoms with van der Waals surface area (Å²) in [6, 6.07) is 10.2. The third-order valence-corrected chi connectivity index (χ3v) is 5.34. The second kappa shape index (κ2) is 11.4. The number of benzene rings is 2. The van der Waals surface area contributed by atoms with Crippen LogP contribution in [0.3, 0.4) is 0 Å². The molecule has 1 amide bonds. The first-order valence-corrected chi connectivity index (χ1v) is 10.6. The third kappa shape index (κ3) is 7.82. The normalized spacial score (nSPS) is 10.9. The number of amides is 1. The minimum absolute atomic E-state index is 0. The molecule has 11 heteroatoms. The molecule has 0 saturated carbocycles. The standard InChI is InChI=1S/C18H22BrN3O5S.ClH/c1-26-16-9-13(8-15(19)18(16)27-11-17(20)23)10-22-7-6-12-2-4-14(5-3-12)28(21,24)25;/h2-5,8-9,22H,6-7,10-11H2,1H3,(H2,20,23)(H2,21,24,25);1H. The molecule has 0 aromatic heterocycles. The summed E-state index contributed by atoms with van der Waals surface area (Å²) in [6.07, 6.45) is 0.725. The zero-order valence-corrected chi connectivity index (χ0v) is 18.9. The molecule has 0 saturated heterocycles. The zero-order valence-electron chi connectivity index (χ0n) is 15.7. The van der Waals surface area contributed by atoms with E-state index in [0.717, 1.165) is 17.5 Å². The minimum Gasteiger partial charge on any atom is -0.493 e. The number of rotatable bonds is 10. The number of hydrogen-bond donors (Lipinski definition) is 3. The maximum atomic E-state index is 11.3. The van der Waals surface area contributed by atoms with E-state index in [1.807, 2.05) is 12.1 Å². The minimum atomic E-state index is -3.67. The van der Waals surface area contributed by atoms with E-state index in [9.17, 15) is 13.2 Å². The van der Waals surface area contributed by atoms with E-state index in [4.69, 9.17) is 20.3 Å². The van der Waals surface area contributed by atoms with E-state index >= 15 is 0 Å². The molecular weight excluding hydrogens is 486 g/mol. The Morgan fingerprint density at radius 3 is 2.38 bits per heavy atom. The lowest BCUT2D eigenvalue weighted by atomic mass is 10.1. The van der Waals surface area contributed by atoms with Crippen LogP contribution in [0.1, 0.15) is 11.1 Å². The van der Waals surface area contributed by atoms with Crippen LogP contribution in [0.5, 0.6) is 11.5 Å². The number of hydrogen-bond acceptors (Lipinski definition) is 6. The quantitative estimate of drug-likeness (QED) is 0.418. The number of sulfonamides is 1. The SMILES string of the molecule is COc1cc(CNCCc2ccc(S(N)(=O)=O)cc2)cc(Br)c1OCC(N)=O.Cl. The van der Waals surface area contributed by atoms with Gasteiger partial charge in [0.15, 0.2) is 18.1 Å². The summed E-state index contributed by atoms with van der Waals surface area (Å²) in [5, 5.41) is 8.40. The maximum absolute atomic E-state index is 11.3. The van der Waals surface area contributed by atoms with Gasteiger partial charge >= 0.3 is 0 Å². The van der Waals surface area contributed by atoms with Gasteiger partial charge in [0.25, 0.3) is 5.91 Å². The van der Waals surface area contributed by atoms with Gasteiger partial charge in [-0.2, -0.15) is 0 Å². The van der Waals surface area contributed by atoms with Crippen molar-refractivity contribution in [1.29, 1.82) is 0 Å². The highest BCUT2D eigenvalue weighted by atomic mass is 79.9. The molecule has 0 unspecified atom stereocenters. The Hall–Kier alpha value is -1.85. The predicted octanol–water partition coefficient (Wildman–Crippen LogP) is 1.72. The summed E-state index contributed by atoms with van der Waals surface area (Å²) in [7, 11) is -2.16.